The van der Waals surface area contributed by atoms with Crippen molar-refractivity contribution in [2.24, 2.45) is 11.8 Å². The van der Waals surface area contributed by atoms with Crippen molar-refractivity contribution in [3.63, 3.8) is 0 Å². The third kappa shape index (κ3) is 9.23. The molecule has 0 saturated carbocycles. The topological polar surface area (TPSA) is 134 Å². The van der Waals surface area contributed by atoms with E-state index in [0.29, 0.717) is 12.8 Å². The Kier molecular flexibility index (Phi) is 12.4. The van der Waals surface area contributed by atoms with Crippen LogP contribution in [0.5, 0.6) is 0 Å². The zero-order valence-electron chi connectivity index (χ0n) is 26.3. The van der Waals surface area contributed by atoms with E-state index in [1.165, 1.54) is 25.7 Å². The molecule has 0 heterocycles. The average molecular weight is 632 g/mol. The Morgan fingerprint density at radius 2 is 1.49 bits per heavy atom. The molecule has 0 radical (unpaired) electrons. The molecule has 3 N–H and O–H groups in total. The highest BCUT2D eigenvalue weighted by atomic mass is 19.3. The Morgan fingerprint density at radius 1 is 0.911 bits per heavy atom. The molecule has 3 atom stereocenters. The molecule has 45 heavy (non-hydrogen) atoms. The molecule has 0 aliphatic heterocycles. The van der Waals surface area contributed by atoms with E-state index in [9.17, 15) is 33.1 Å². The maximum atomic E-state index is 14.7. The van der Waals surface area contributed by atoms with Crippen LogP contribution in [0.1, 0.15) is 51.3 Å². The summed E-state index contributed by atoms with van der Waals surface area (Å²) in [6.07, 6.45) is -2.51. The smallest absolute Gasteiger partial charge is 0.408 e. The van der Waals surface area contributed by atoms with Crippen molar-refractivity contribution in [3.05, 3.63) is 71.3 Å². The maximum absolute atomic E-state index is 14.7. The molecule has 2 aromatic carbocycles. The van der Waals surface area contributed by atoms with Crippen LogP contribution in [0.3, 0.4) is 0 Å². The quantitative estimate of drug-likeness (QED) is 0.271. The first-order valence-electron chi connectivity index (χ1n) is 15.1. The van der Waals surface area contributed by atoms with E-state index >= 15 is 0 Å². The van der Waals surface area contributed by atoms with Gasteiger partial charge < -0.3 is 30.1 Å². The minimum atomic E-state index is -4.28. The van der Waals surface area contributed by atoms with Crippen LogP contribution in [0.25, 0.3) is 0 Å². The van der Waals surface area contributed by atoms with Crippen LogP contribution in [0, 0.1) is 11.8 Å². The number of nitrogens with zero attached hydrogens (tertiary/aromatic N) is 1. The van der Waals surface area contributed by atoms with E-state index in [4.69, 9.17) is 4.74 Å². The van der Waals surface area contributed by atoms with Crippen LogP contribution in [-0.4, -0.2) is 77.2 Å². The second-order valence-electron chi connectivity index (χ2n) is 11.9. The fourth-order valence-electron chi connectivity index (χ4n) is 5.30. The minimum Gasteiger partial charge on any atom is -0.461 e. The van der Waals surface area contributed by atoms with Gasteiger partial charge in [-0.15, -0.1) is 0 Å². The van der Waals surface area contributed by atoms with E-state index in [2.05, 4.69) is 15.4 Å². The van der Waals surface area contributed by atoms with Crippen molar-refractivity contribution in [2.45, 2.75) is 84.2 Å². The van der Waals surface area contributed by atoms with Gasteiger partial charge in [0.15, 0.2) is 0 Å². The van der Waals surface area contributed by atoms with Gasteiger partial charge in [-0.25, -0.2) is 9.59 Å². The van der Waals surface area contributed by atoms with Crippen molar-refractivity contribution in [1.29, 1.82) is 0 Å². The summed E-state index contributed by atoms with van der Waals surface area (Å²) in [5.41, 5.74) is 2.76. The van der Waals surface area contributed by atoms with Gasteiger partial charge in [-0.1, -0.05) is 82.3 Å². The summed E-state index contributed by atoms with van der Waals surface area (Å²) >= 11 is 0. The standard InChI is InChI=1S/C33H43F2N3O7/c1-6-44-31(42)33(34,35)29(40)27(20(2)3)36-26(39)18-38(25-16-23-14-10-11-15-24(23)17-25)30(41)28(21(4)5)37-32(43)45-19-22-12-8-7-9-13-22/h7-15,20-21,25,27-29,40H,6,16-19H2,1-5H3,(H,36,39)(H,37,43)/t27-,28-,29?/m0/s1. The highest BCUT2D eigenvalue weighted by Crippen LogP contribution is 2.28. The van der Waals surface area contributed by atoms with Crippen LogP contribution in [0.15, 0.2) is 54.6 Å². The molecule has 0 saturated heterocycles. The molecule has 3 amide bonds. The summed E-state index contributed by atoms with van der Waals surface area (Å²) in [7, 11) is 0. The van der Waals surface area contributed by atoms with Crippen LogP contribution < -0.4 is 10.6 Å². The second-order valence-corrected chi connectivity index (χ2v) is 11.9. The van der Waals surface area contributed by atoms with Gasteiger partial charge >= 0.3 is 18.0 Å². The Morgan fingerprint density at radius 3 is 2.02 bits per heavy atom. The maximum Gasteiger partial charge on any atom is 0.408 e. The van der Waals surface area contributed by atoms with Crippen molar-refractivity contribution in [2.75, 3.05) is 13.2 Å². The molecule has 10 nitrogen and oxygen atoms in total. The number of alkyl carbamates (subject to hydrolysis) is 1. The fraction of sp³-hybridized carbons (Fsp3) is 0.515. The largest absolute Gasteiger partial charge is 0.461 e. The monoisotopic (exact) mass is 631 g/mol. The third-order valence-corrected chi connectivity index (χ3v) is 7.79. The lowest BCUT2D eigenvalue weighted by Crippen LogP contribution is -2.60. The van der Waals surface area contributed by atoms with Crippen molar-refractivity contribution < 1.29 is 42.5 Å². The van der Waals surface area contributed by atoms with Gasteiger partial charge in [-0.3, -0.25) is 9.59 Å². The summed E-state index contributed by atoms with van der Waals surface area (Å²) in [5.74, 6) is -8.66. The predicted octanol–water partition coefficient (Wildman–Crippen LogP) is 3.63. The Balaban J connectivity index is 1.81. The number of fused-ring (bicyclic) bond motifs is 1. The summed E-state index contributed by atoms with van der Waals surface area (Å²) in [5, 5.41) is 15.6. The van der Waals surface area contributed by atoms with Gasteiger partial charge in [0.1, 0.15) is 18.8 Å². The summed E-state index contributed by atoms with van der Waals surface area (Å²) in [6, 6.07) is 13.6. The number of aliphatic hydroxyl groups is 1. The van der Waals surface area contributed by atoms with Gasteiger partial charge in [-0.2, -0.15) is 8.78 Å². The fourth-order valence-corrected chi connectivity index (χ4v) is 5.30. The first-order chi connectivity index (χ1) is 21.3. The summed E-state index contributed by atoms with van der Waals surface area (Å²) < 4.78 is 39.2. The summed E-state index contributed by atoms with van der Waals surface area (Å²) in [6.45, 7) is 6.99. The molecule has 1 aliphatic carbocycles. The minimum absolute atomic E-state index is 0.00885. The van der Waals surface area contributed by atoms with E-state index in [-0.39, 0.29) is 13.2 Å². The zero-order valence-corrected chi connectivity index (χ0v) is 26.3. The lowest BCUT2D eigenvalue weighted by atomic mass is 9.94. The SMILES string of the molecule is CCOC(=O)C(F)(F)C(O)[C@@H](NC(=O)CN(C(=O)[C@@H](NC(=O)OCc1ccccc1)C(C)C)C1Cc2ccccc2C1)C(C)C. The molecule has 1 aliphatic rings. The second kappa shape index (κ2) is 15.8. The number of hydrogen-bond donors (Lipinski definition) is 3. The number of alkyl halides is 2. The van der Waals surface area contributed by atoms with E-state index in [0.717, 1.165) is 16.7 Å². The molecule has 12 heteroatoms. The normalized spacial score (nSPS) is 15.2. The zero-order chi connectivity index (χ0) is 33.3. The highest BCUT2D eigenvalue weighted by molar-refractivity contribution is 5.90. The number of halogens is 2. The van der Waals surface area contributed by atoms with Gasteiger partial charge in [0.2, 0.25) is 11.8 Å². The van der Waals surface area contributed by atoms with E-state index in [1.54, 1.807) is 38.1 Å². The molecule has 1 unspecified atom stereocenters. The number of amides is 3. The van der Waals surface area contributed by atoms with Gasteiger partial charge in [0.05, 0.1) is 19.2 Å². The number of nitrogens with one attached hydrogen (secondary N) is 2. The number of ether oxygens (including phenoxy) is 2. The number of carbonyl (C=O) groups excluding carboxylic acids is 4. The van der Waals surface area contributed by atoms with Crippen LogP contribution in [0.2, 0.25) is 0 Å². The van der Waals surface area contributed by atoms with Crippen LogP contribution in [-0.2, 0) is 43.3 Å². The highest BCUT2D eigenvalue weighted by Gasteiger charge is 2.52. The average Bonchev–Trinajstić information content (AvgIpc) is 3.44. The molecule has 2 aromatic rings. The Hall–Kier alpha value is -4.06. The number of esters is 1. The van der Waals surface area contributed by atoms with Crippen molar-refractivity contribution in [1.82, 2.24) is 15.5 Å². The van der Waals surface area contributed by atoms with Crippen LogP contribution in [0.4, 0.5) is 13.6 Å². The van der Waals surface area contributed by atoms with E-state index < -0.39 is 72.4 Å². The molecule has 0 bridgehead atoms. The first-order valence-corrected chi connectivity index (χ1v) is 15.1. The first kappa shape index (κ1) is 35.4. The lowest BCUT2D eigenvalue weighted by molar-refractivity contribution is -0.192. The van der Waals surface area contributed by atoms with E-state index in [1.807, 2.05) is 30.3 Å². The number of hydrogen-bond acceptors (Lipinski definition) is 7. The Bertz CT molecular complexity index is 1300. The van der Waals surface area contributed by atoms with Gasteiger partial charge in [0.25, 0.3) is 0 Å². The number of benzene rings is 2. The van der Waals surface area contributed by atoms with Gasteiger partial charge in [0, 0.05) is 6.04 Å². The summed E-state index contributed by atoms with van der Waals surface area (Å²) in [4.78, 5) is 53.5. The molecular formula is C33H43F2N3O7. The molecule has 0 aromatic heterocycles. The third-order valence-electron chi connectivity index (χ3n) is 7.79. The predicted molar refractivity (Wildman–Crippen MR) is 162 cm³/mol. The Labute approximate surface area is 262 Å². The van der Waals surface area contributed by atoms with Crippen molar-refractivity contribution in [3.8, 4) is 0 Å². The molecule has 0 fully saturated rings. The lowest BCUT2D eigenvalue weighted by Gasteiger charge is -2.35. The molecule has 3 rings (SSSR count). The molecular weight excluding hydrogens is 588 g/mol. The number of carbonyl (C=O) groups is 4. The number of aliphatic hydroxyl groups excluding tert-OH is 1. The molecule has 246 valence electrons. The van der Waals surface area contributed by atoms with Crippen molar-refractivity contribution >= 4 is 23.9 Å². The molecule has 0 spiro atoms. The van der Waals surface area contributed by atoms with Gasteiger partial charge in [-0.05, 0) is 48.3 Å². The van der Waals surface area contributed by atoms with Crippen LogP contribution >= 0.6 is 0 Å². The number of rotatable bonds is 14.